The molecule has 1 aromatic heterocycles. The minimum absolute atomic E-state index is 0.0953. The molecule has 0 spiro atoms. The van der Waals surface area contributed by atoms with E-state index in [0.717, 1.165) is 21.3 Å². The van der Waals surface area contributed by atoms with Crippen molar-refractivity contribution in [1.29, 1.82) is 5.26 Å². The average Bonchev–Trinajstić information content (AvgIpc) is 2.88. The summed E-state index contributed by atoms with van der Waals surface area (Å²) >= 11 is 4.54. The van der Waals surface area contributed by atoms with Gasteiger partial charge in [-0.1, -0.05) is 27.7 Å². The second kappa shape index (κ2) is 7.22. The third-order valence-corrected chi connectivity index (χ3v) is 6.22. The number of hydrogen-bond donors (Lipinski definition) is 0. The molecule has 0 saturated carbocycles. The predicted molar refractivity (Wildman–Crippen MR) is 104 cm³/mol. The molecule has 132 valence electrons. The molecule has 0 N–H and O–H groups in total. The molecule has 7 heteroatoms. The fourth-order valence-electron chi connectivity index (χ4n) is 2.82. The van der Waals surface area contributed by atoms with E-state index < -0.39 is 5.25 Å². The number of nitriles is 1. The summed E-state index contributed by atoms with van der Waals surface area (Å²) in [5, 5.41) is 9.43. The van der Waals surface area contributed by atoms with Gasteiger partial charge in [-0.3, -0.25) is 9.59 Å². The van der Waals surface area contributed by atoms with Crippen LogP contribution < -0.4 is 4.90 Å². The highest BCUT2D eigenvalue weighted by Gasteiger charge is 2.40. The molecule has 26 heavy (non-hydrogen) atoms. The van der Waals surface area contributed by atoms with E-state index in [1.54, 1.807) is 24.3 Å². The number of thioether (sulfide) groups is 1. The molecule has 1 atom stereocenters. The third kappa shape index (κ3) is 3.27. The first kappa shape index (κ1) is 18.6. The van der Waals surface area contributed by atoms with Crippen molar-refractivity contribution in [2.24, 2.45) is 0 Å². The van der Waals surface area contributed by atoms with Crippen LogP contribution in [0.5, 0.6) is 0 Å². The van der Waals surface area contributed by atoms with E-state index in [4.69, 9.17) is 0 Å². The van der Waals surface area contributed by atoms with Crippen molar-refractivity contribution < 1.29 is 9.59 Å². The normalized spacial score (nSPS) is 16.9. The van der Waals surface area contributed by atoms with Crippen molar-refractivity contribution in [2.75, 3.05) is 4.90 Å². The molecule has 1 aliphatic rings. The lowest BCUT2D eigenvalue weighted by Gasteiger charge is -2.16. The van der Waals surface area contributed by atoms with Gasteiger partial charge in [-0.2, -0.15) is 5.26 Å². The first-order valence-corrected chi connectivity index (χ1v) is 9.67. The van der Waals surface area contributed by atoms with Crippen molar-refractivity contribution in [1.82, 2.24) is 4.98 Å². The van der Waals surface area contributed by atoms with Gasteiger partial charge in [0.15, 0.2) is 0 Å². The quantitative estimate of drug-likeness (QED) is 0.687. The molecule has 2 heterocycles. The number of aromatic nitrogens is 1. The Morgan fingerprint density at radius 2 is 1.85 bits per heavy atom. The smallest absolute Gasteiger partial charge is 0.247 e. The van der Waals surface area contributed by atoms with Crippen LogP contribution in [0.15, 0.2) is 33.8 Å². The summed E-state index contributed by atoms with van der Waals surface area (Å²) < 4.78 is 0.875. The highest BCUT2D eigenvalue weighted by molar-refractivity contribution is 9.10. The van der Waals surface area contributed by atoms with Crippen molar-refractivity contribution >= 4 is 45.2 Å². The molecule has 1 aliphatic heterocycles. The summed E-state index contributed by atoms with van der Waals surface area (Å²) in [6.07, 6.45) is 0.0953. The van der Waals surface area contributed by atoms with Crippen LogP contribution in [0.25, 0.3) is 0 Å². The largest absolute Gasteiger partial charge is 0.274 e. The molecule has 1 fully saturated rings. The molecular formula is C19H16BrN3O2S. The van der Waals surface area contributed by atoms with Crippen LogP contribution in [-0.2, 0) is 9.59 Å². The van der Waals surface area contributed by atoms with Crippen molar-refractivity contribution in [2.45, 2.75) is 37.5 Å². The molecule has 3 rings (SSSR count). The molecular weight excluding hydrogens is 414 g/mol. The van der Waals surface area contributed by atoms with Gasteiger partial charge < -0.3 is 0 Å². The van der Waals surface area contributed by atoms with Gasteiger partial charge in [0.1, 0.15) is 11.1 Å². The Morgan fingerprint density at radius 3 is 2.46 bits per heavy atom. The topological polar surface area (TPSA) is 74.1 Å². The number of imide groups is 1. The number of nitrogens with zero attached hydrogens (tertiary/aromatic N) is 3. The molecule has 0 radical (unpaired) electrons. The zero-order chi connectivity index (χ0) is 19.0. The van der Waals surface area contributed by atoms with E-state index in [-0.39, 0.29) is 18.2 Å². The number of carbonyl (C=O) groups is 2. The maximum atomic E-state index is 12.8. The number of halogens is 1. The molecule has 0 bridgehead atoms. The molecule has 2 amide bonds. The lowest BCUT2D eigenvalue weighted by atomic mass is 10.1. The van der Waals surface area contributed by atoms with Crippen LogP contribution >= 0.6 is 27.7 Å². The van der Waals surface area contributed by atoms with Gasteiger partial charge >= 0.3 is 0 Å². The fraction of sp³-hybridized carbons (Fsp3) is 0.263. The van der Waals surface area contributed by atoms with E-state index >= 15 is 0 Å². The highest BCUT2D eigenvalue weighted by Crippen LogP contribution is 2.36. The Kier molecular flexibility index (Phi) is 5.17. The molecule has 1 saturated heterocycles. The number of hydrogen-bond acceptors (Lipinski definition) is 5. The lowest BCUT2D eigenvalue weighted by Crippen LogP contribution is -2.31. The predicted octanol–water partition coefficient (Wildman–Crippen LogP) is 4.07. The van der Waals surface area contributed by atoms with Crippen LogP contribution in [0.3, 0.4) is 0 Å². The van der Waals surface area contributed by atoms with Gasteiger partial charge in [-0.15, -0.1) is 0 Å². The summed E-state index contributed by atoms with van der Waals surface area (Å²) in [5.74, 6) is -0.516. The first-order valence-electron chi connectivity index (χ1n) is 8.00. The Hall–Kier alpha value is -2.17. The van der Waals surface area contributed by atoms with Gasteiger partial charge in [0.2, 0.25) is 11.8 Å². The third-order valence-electron chi connectivity index (χ3n) is 4.52. The Labute approximate surface area is 164 Å². The van der Waals surface area contributed by atoms with Crippen molar-refractivity contribution in [3.05, 3.63) is 51.1 Å². The zero-order valence-corrected chi connectivity index (χ0v) is 16.9. The van der Waals surface area contributed by atoms with E-state index in [1.807, 2.05) is 20.8 Å². The zero-order valence-electron chi connectivity index (χ0n) is 14.5. The second-order valence-corrected chi connectivity index (χ2v) is 8.20. The minimum atomic E-state index is -0.577. The summed E-state index contributed by atoms with van der Waals surface area (Å²) in [7, 11) is 0. The van der Waals surface area contributed by atoms with Crippen LogP contribution in [0.1, 0.15) is 28.8 Å². The summed E-state index contributed by atoms with van der Waals surface area (Å²) in [6.45, 7) is 5.68. The molecule has 5 nitrogen and oxygen atoms in total. The number of benzene rings is 1. The number of carbonyl (C=O) groups excluding carboxylic acids is 2. The second-order valence-electron chi connectivity index (χ2n) is 6.09. The van der Waals surface area contributed by atoms with Crippen LogP contribution in [0.2, 0.25) is 0 Å². The Bertz CT molecular complexity index is 951. The van der Waals surface area contributed by atoms with Crippen LogP contribution in [-0.4, -0.2) is 22.0 Å². The van der Waals surface area contributed by atoms with E-state index in [0.29, 0.717) is 16.3 Å². The van der Waals surface area contributed by atoms with E-state index in [1.165, 1.54) is 16.7 Å². The lowest BCUT2D eigenvalue weighted by molar-refractivity contribution is -0.121. The maximum absolute atomic E-state index is 12.8. The highest BCUT2D eigenvalue weighted by atomic mass is 79.9. The Balaban J connectivity index is 1.91. The summed E-state index contributed by atoms with van der Waals surface area (Å²) in [4.78, 5) is 30.9. The number of amides is 2. The summed E-state index contributed by atoms with van der Waals surface area (Å²) in [5.41, 5.74) is 3.68. The standard InChI is InChI=1S/C19H16BrN3O2S/c1-10-11(2)15(9-21)18(22-12(10)3)26-16-8-17(24)23(19(16)25)14-6-4-13(20)5-7-14/h4-7,16H,8H2,1-3H3/t16-/m0/s1. The molecule has 2 aromatic rings. The van der Waals surface area contributed by atoms with Gasteiger partial charge in [-0.25, -0.2) is 9.88 Å². The molecule has 1 aromatic carbocycles. The maximum Gasteiger partial charge on any atom is 0.247 e. The van der Waals surface area contributed by atoms with Crippen molar-refractivity contribution in [3.63, 3.8) is 0 Å². The fourth-order valence-corrected chi connectivity index (χ4v) is 4.29. The number of aryl methyl sites for hydroxylation is 1. The summed E-state index contributed by atoms with van der Waals surface area (Å²) in [6, 6.07) is 9.22. The van der Waals surface area contributed by atoms with Gasteiger partial charge in [0, 0.05) is 16.6 Å². The first-order chi connectivity index (χ1) is 12.3. The molecule has 0 unspecified atom stereocenters. The van der Waals surface area contributed by atoms with E-state index in [9.17, 15) is 14.9 Å². The Morgan fingerprint density at radius 1 is 1.19 bits per heavy atom. The van der Waals surface area contributed by atoms with Gasteiger partial charge in [0.25, 0.3) is 0 Å². The number of rotatable bonds is 3. The van der Waals surface area contributed by atoms with Crippen LogP contribution in [0, 0.1) is 32.1 Å². The SMILES string of the molecule is Cc1nc(S[C@H]2CC(=O)N(c3ccc(Br)cc3)C2=O)c(C#N)c(C)c1C. The monoisotopic (exact) mass is 429 g/mol. The molecule has 0 aliphatic carbocycles. The van der Waals surface area contributed by atoms with Gasteiger partial charge in [0.05, 0.1) is 16.5 Å². The van der Waals surface area contributed by atoms with E-state index in [2.05, 4.69) is 27.0 Å². The minimum Gasteiger partial charge on any atom is -0.274 e. The number of pyridine rings is 1. The number of anilines is 1. The van der Waals surface area contributed by atoms with Gasteiger partial charge in [-0.05, 0) is 56.2 Å². The van der Waals surface area contributed by atoms with Crippen molar-refractivity contribution in [3.8, 4) is 6.07 Å². The van der Waals surface area contributed by atoms with Crippen LogP contribution in [0.4, 0.5) is 5.69 Å². The average molecular weight is 430 g/mol.